The number of likely N-dealkylation sites (N-methyl/N-ethyl adjacent to an activating group) is 1. The number of nitrogens with one attached hydrogen (secondary N) is 1. The second kappa shape index (κ2) is 9.06. The molecule has 0 radical (unpaired) electrons. The highest BCUT2D eigenvalue weighted by molar-refractivity contribution is 6.42. The van der Waals surface area contributed by atoms with Gasteiger partial charge in [0.15, 0.2) is 0 Å². The van der Waals surface area contributed by atoms with E-state index in [1.165, 1.54) is 12.1 Å². The zero-order valence-electron chi connectivity index (χ0n) is 19.3. The van der Waals surface area contributed by atoms with Crippen molar-refractivity contribution in [2.75, 3.05) is 20.1 Å². The number of hydrogen-bond donors (Lipinski definition) is 1. The van der Waals surface area contributed by atoms with Gasteiger partial charge in [0.1, 0.15) is 0 Å². The minimum absolute atomic E-state index is 0.119. The molecule has 0 saturated carbocycles. The molecule has 2 aromatic carbocycles. The Morgan fingerprint density at radius 2 is 1.77 bits per heavy atom. The van der Waals surface area contributed by atoms with Crippen molar-refractivity contribution >= 4 is 35.0 Å². The molecule has 0 aromatic heterocycles. The second-order valence-corrected chi connectivity index (χ2v) is 9.99. The summed E-state index contributed by atoms with van der Waals surface area (Å²) in [5.74, 6) is -0.542. The van der Waals surface area contributed by atoms with E-state index in [4.69, 9.17) is 23.2 Å². The van der Waals surface area contributed by atoms with Crippen LogP contribution in [0.5, 0.6) is 0 Å². The average molecular weight is 526 g/mol. The minimum atomic E-state index is -4.46. The first kappa shape index (κ1) is 25.4. The largest absolute Gasteiger partial charge is 0.416 e. The van der Waals surface area contributed by atoms with Gasteiger partial charge in [-0.2, -0.15) is 13.2 Å². The molecular weight excluding hydrogens is 502 g/mol. The Morgan fingerprint density at radius 1 is 1.11 bits per heavy atom. The smallest absolute Gasteiger partial charge is 0.384 e. The molecule has 1 atom stereocenters. The maximum Gasteiger partial charge on any atom is 0.416 e. The third kappa shape index (κ3) is 4.61. The molecule has 1 unspecified atom stereocenters. The van der Waals surface area contributed by atoms with Crippen LogP contribution in [0.15, 0.2) is 53.7 Å². The van der Waals surface area contributed by atoms with Crippen molar-refractivity contribution in [2.24, 2.45) is 0 Å². The molecule has 10 heteroatoms. The predicted octanol–water partition coefficient (Wildman–Crippen LogP) is 5.23. The van der Waals surface area contributed by atoms with E-state index in [1.54, 1.807) is 35.0 Å². The van der Waals surface area contributed by atoms with Gasteiger partial charge in [0.25, 0.3) is 5.91 Å². The fourth-order valence-corrected chi connectivity index (χ4v) is 4.88. The van der Waals surface area contributed by atoms with Gasteiger partial charge in [0, 0.05) is 25.8 Å². The topological polar surface area (TPSA) is 52.7 Å². The number of carbonyl (C=O) groups excluding carboxylic acids is 2. The molecule has 2 heterocycles. The lowest BCUT2D eigenvalue weighted by molar-refractivity contribution is -0.137. The van der Waals surface area contributed by atoms with Crippen LogP contribution in [-0.2, 0) is 22.2 Å². The molecule has 0 bridgehead atoms. The average Bonchev–Trinajstić information content (AvgIpc) is 2.93. The summed E-state index contributed by atoms with van der Waals surface area (Å²) < 4.78 is 38.8. The van der Waals surface area contributed by atoms with Crippen molar-refractivity contribution in [1.29, 1.82) is 0 Å². The SMILES string of the molecule is CN1C(=O)C2=C(NCCN(C(=O)Cc3ccc(C(F)(F)F)cc3)C2c2ccc(Cl)c(Cl)c2)C1(C)C. The summed E-state index contributed by atoms with van der Waals surface area (Å²) in [5.41, 5.74) is 0.833. The minimum Gasteiger partial charge on any atom is -0.384 e. The van der Waals surface area contributed by atoms with Crippen LogP contribution in [0, 0.1) is 0 Å². The molecule has 2 amide bonds. The van der Waals surface area contributed by atoms with E-state index in [2.05, 4.69) is 5.32 Å². The van der Waals surface area contributed by atoms with Gasteiger partial charge >= 0.3 is 6.18 Å². The molecule has 0 spiro atoms. The van der Waals surface area contributed by atoms with E-state index in [-0.39, 0.29) is 29.8 Å². The van der Waals surface area contributed by atoms with Gasteiger partial charge in [-0.05, 0) is 49.2 Å². The van der Waals surface area contributed by atoms with E-state index in [9.17, 15) is 22.8 Å². The van der Waals surface area contributed by atoms with Gasteiger partial charge in [-0.3, -0.25) is 9.59 Å². The summed E-state index contributed by atoms with van der Waals surface area (Å²) >= 11 is 12.4. The number of benzene rings is 2. The number of hydrogen-bond acceptors (Lipinski definition) is 3. The van der Waals surface area contributed by atoms with Crippen molar-refractivity contribution < 1.29 is 22.8 Å². The first-order valence-electron chi connectivity index (χ1n) is 11.0. The zero-order chi connectivity index (χ0) is 25.7. The van der Waals surface area contributed by atoms with Crippen LogP contribution in [0.1, 0.15) is 36.6 Å². The molecule has 35 heavy (non-hydrogen) atoms. The zero-order valence-corrected chi connectivity index (χ0v) is 20.9. The van der Waals surface area contributed by atoms with Crippen molar-refractivity contribution in [2.45, 2.75) is 38.0 Å². The Kier molecular flexibility index (Phi) is 6.57. The van der Waals surface area contributed by atoms with Crippen LogP contribution in [0.25, 0.3) is 0 Å². The molecule has 2 aliphatic heterocycles. The lowest BCUT2D eigenvalue weighted by Crippen LogP contribution is -2.46. The fourth-order valence-electron chi connectivity index (χ4n) is 4.58. The van der Waals surface area contributed by atoms with E-state index in [0.717, 1.165) is 17.8 Å². The summed E-state index contributed by atoms with van der Waals surface area (Å²) in [4.78, 5) is 30.2. The molecule has 0 saturated heterocycles. The van der Waals surface area contributed by atoms with E-state index in [1.807, 2.05) is 13.8 Å². The van der Waals surface area contributed by atoms with E-state index >= 15 is 0 Å². The van der Waals surface area contributed by atoms with Gasteiger partial charge < -0.3 is 15.1 Å². The quantitative estimate of drug-likeness (QED) is 0.596. The van der Waals surface area contributed by atoms with Crippen LogP contribution in [0.4, 0.5) is 13.2 Å². The van der Waals surface area contributed by atoms with Crippen LogP contribution in [-0.4, -0.2) is 47.3 Å². The number of nitrogens with zero attached hydrogens (tertiary/aromatic N) is 2. The predicted molar refractivity (Wildman–Crippen MR) is 128 cm³/mol. The lowest BCUT2D eigenvalue weighted by atomic mass is 9.92. The Hall–Kier alpha value is -2.71. The van der Waals surface area contributed by atoms with E-state index < -0.39 is 23.3 Å². The number of alkyl halides is 3. The Bertz CT molecular complexity index is 1210. The maximum absolute atomic E-state index is 13.5. The van der Waals surface area contributed by atoms with Crippen LogP contribution in [0.3, 0.4) is 0 Å². The van der Waals surface area contributed by atoms with E-state index in [0.29, 0.717) is 28.3 Å². The summed E-state index contributed by atoms with van der Waals surface area (Å²) in [6.07, 6.45) is -4.57. The molecule has 4 rings (SSSR count). The lowest BCUT2D eigenvalue weighted by Gasteiger charge is -2.33. The molecule has 0 fully saturated rings. The van der Waals surface area contributed by atoms with Crippen molar-refractivity contribution in [3.8, 4) is 0 Å². The van der Waals surface area contributed by atoms with Gasteiger partial charge in [0.05, 0.1) is 39.2 Å². The first-order valence-corrected chi connectivity index (χ1v) is 11.7. The van der Waals surface area contributed by atoms with Gasteiger partial charge in [-0.25, -0.2) is 0 Å². The van der Waals surface area contributed by atoms with Crippen LogP contribution in [0.2, 0.25) is 10.0 Å². The summed E-state index contributed by atoms with van der Waals surface area (Å²) in [5, 5.41) is 3.96. The monoisotopic (exact) mass is 525 g/mol. The van der Waals surface area contributed by atoms with Crippen molar-refractivity contribution in [3.05, 3.63) is 80.5 Å². The molecular formula is C25H24Cl2F3N3O2. The van der Waals surface area contributed by atoms with Crippen LogP contribution < -0.4 is 5.32 Å². The molecule has 186 valence electrons. The fraction of sp³-hybridized carbons (Fsp3) is 0.360. The van der Waals surface area contributed by atoms with Gasteiger partial charge in [-0.15, -0.1) is 0 Å². The van der Waals surface area contributed by atoms with Crippen molar-refractivity contribution in [1.82, 2.24) is 15.1 Å². The summed E-state index contributed by atoms with van der Waals surface area (Å²) in [7, 11) is 1.71. The molecule has 1 N–H and O–H groups in total. The summed E-state index contributed by atoms with van der Waals surface area (Å²) in [6, 6.07) is 8.76. The van der Waals surface area contributed by atoms with Gasteiger partial charge in [-0.1, -0.05) is 41.4 Å². The Labute approximate surface area is 211 Å². The highest BCUT2D eigenvalue weighted by atomic mass is 35.5. The molecule has 2 aromatic rings. The number of halogens is 5. The third-order valence-electron chi connectivity index (χ3n) is 6.71. The van der Waals surface area contributed by atoms with Gasteiger partial charge in [0.2, 0.25) is 5.91 Å². The van der Waals surface area contributed by atoms with Crippen LogP contribution >= 0.6 is 23.2 Å². The Morgan fingerprint density at radius 3 is 2.37 bits per heavy atom. The molecule has 5 nitrogen and oxygen atoms in total. The highest BCUT2D eigenvalue weighted by Crippen LogP contribution is 2.43. The molecule has 0 aliphatic carbocycles. The number of rotatable bonds is 3. The standard InChI is InChI=1S/C25H24Cl2F3N3O2/c1-24(2)22-20(23(35)32(24)3)21(15-6-9-17(26)18(27)13-15)33(11-10-31-22)19(34)12-14-4-7-16(8-5-14)25(28,29)30/h4-9,13,21,31H,10-12H2,1-3H3. The highest BCUT2D eigenvalue weighted by Gasteiger charge is 2.49. The second-order valence-electron chi connectivity index (χ2n) is 9.17. The number of amides is 2. The summed E-state index contributed by atoms with van der Waals surface area (Å²) in [6.45, 7) is 4.53. The number of carbonyl (C=O) groups is 2. The first-order chi connectivity index (χ1) is 16.3. The molecule has 2 aliphatic rings. The third-order valence-corrected chi connectivity index (χ3v) is 7.45. The normalized spacial score (nSPS) is 20.0. The Balaban J connectivity index is 1.75. The maximum atomic E-state index is 13.5. The van der Waals surface area contributed by atoms with Crippen molar-refractivity contribution in [3.63, 3.8) is 0 Å².